The van der Waals surface area contributed by atoms with Gasteiger partial charge in [-0.05, 0) is 28.3 Å². The van der Waals surface area contributed by atoms with E-state index in [-0.39, 0.29) is 18.1 Å². The van der Waals surface area contributed by atoms with Crippen LogP contribution in [0.5, 0.6) is 0 Å². The van der Waals surface area contributed by atoms with Crippen LogP contribution in [0.1, 0.15) is 20.3 Å². The third kappa shape index (κ3) is 4.58. The van der Waals surface area contributed by atoms with E-state index in [4.69, 9.17) is 0 Å². The summed E-state index contributed by atoms with van der Waals surface area (Å²) in [6.45, 7) is 4.25. The molecule has 100 valence electrons. The van der Waals surface area contributed by atoms with E-state index in [1.807, 2.05) is 13.8 Å². The van der Waals surface area contributed by atoms with Crippen LogP contribution in [0.2, 0.25) is 0 Å². The molecule has 18 heavy (non-hydrogen) atoms. The van der Waals surface area contributed by atoms with Gasteiger partial charge in [-0.1, -0.05) is 13.8 Å². The second kappa shape index (κ2) is 6.65. The molecular weight excluding hydrogens is 302 g/mol. The number of rotatable bonds is 6. The van der Waals surface area contributed by atoms with Crippen LogP contribution in [-0.2, 0) is 0 Å². The summed E-state index contributed by atoms with van der Waals surface area (Å²) in [6.07, 6.45) is 1.57. The van der Waals surface area contributed by atoms with E-state index in [1.165, 1.54) is 12.3 Å². The summed E-state index contributed by atoms with van der Waals surface area (Å²) in [5, 5.41) is 23.3. The minimum atomic E-state index is -0.546. The zero-order chi connectivity index (χ0) is 13.7. The van der Waals surface area contributed by atoms with Crippen LogP contribution in [-0.4, -0.2) is 27.7 Å². The summed E-state index contributed by atoms with van der Waals surface area (Å²) in [5.41, 5.74) is -0.110. The molecular formula is C11H16BrN3O3. The minimum absolute atomic E-state index is 0.110. The van der Waals surface area contributed by atoms with Crippen molar-refractivity contribution >= 4 is 27.4 Å². The molecule has 1 heterocycles. The number of aromatic nitrogens is 1. The Bertz CT molecular complexity index is 426. The Balaban J connectivity index is 2.70. The van der Waals surface area contributed by atoms with Crippen molar-refractivity contribution in [1.82, 2.24) is 4.98 Å². The molecule has 0 aliphatic rings. The highest BCUT2D eigenvalue weighted by molar-refractivity contribution is 9.10. The molecule has 2 N–H and O–H groups in total. The fraction of sp³-hybridized carbons (Fsp3) is 0.545. The second-order valence-electron chi connectivity index (χ2n) is 4.44. The van der Waals surface area contributed by atoms with Crippen LogP contribution < -0.4 is 5.32 Å². The van der Waals surface area contributed by atoms with Gasteiger partial charge in [0.25, 0.3) is 0 Å². The van der Waals surface area contributed by atoms with Gasteiger partial charge in [-0.25, -0.2) is 4.98 Å². The SMILES string of the molecule is CC(C)CC(O)CNc1ncc(Br)cc1[N+](=O)[O-]. The van der Waals surface area contributed by atoms with Gasteiger partial charge in [0.15, 0.2) is 0 Å². The normalized spacial score (nSPS) is 12.5. The van der Waals surface area contributed by atoms with E-state index in [9.17, 15) is 15.2 Å². The topological polar surface area (TPSA) is 88.3 Å². The number of aliphatic hydroxyl groups excluding tert-OH is 1. The van der Waals surface area contributed by atoms with Crippen molar-refractivity contribution in [3.63, 3.8) is 0 Å². The number of hydrogen-bond acceptors (Lipinski definition) is 5. The Kier molecular flexibility index (Phi) is 5.49. The molecule has 1 rings (SSSR count). The van der Waals surface area contributed by atoms with E-state index in [1.54, 1.807) is 0 Å². The van der Waals surface area contributed by atoms with Crippen LogP contribution in [0.25, 0.3) is 0 Å². The van der Waals surface area contributed by atoms with Gasteiger partial charge in [-0.2, -0.15) is 0 Å². The lowest BCUT2D eigenvalue weighted by Crippen LogP contribution is -2.22. The van der Waals surface area contributed by atoms with Gasteiger partial charge in [0.05, 0.1) is 11.0 Å². The summed E-state index contributed by atoms with van der Waals surface area (Å²) in [5.74, 6) is 0.542. The van der Waals surface area contributed by atoms with E-state index < -0.39 is 11.0 Å². The summed E-state index contributed by atoms with van der Waals surface area (Å²) < 4.78 is 0.544. The van der Waals surface area contributed by atoms with Gasteiger partial charge in [-0.3, -0.25) is 10.1 Å². The molecule has 1 aromatic rings. The first kappa shape index (κ1) is 14.8. The number of nitro groups is 1. The molecule has 0 aliphatic heterocycles. The summed E-state index contributed by atoms with van der Waals surface area (Å²) in [7, 11) is 0. The molecule has 0 saturated heterocycles. The maximum absolute atomic E-state index is 10.8. The number of nitrogens with one attached hydrogen (secondary N) is 1. The van der Waals surface area contributed by atoms with Gasteiger partial charge in [-0.15, -0.1) is 0 Å². The van der Waals surface area contributed by atoms with Crippen LogP contribution in [0.4, 0.5) is 11.5 Å². The molecule has 0 radical (unpaired) electrons. The monoisotopic (exact) mass is 317 g/mol. The lowest BCUT2D eigenvalue weighted by molar-refractivity contribution is -0.384. The lowest BCUT2D eigenvalue weighted by atomic mass is 10.1. The Morgan fingerprint density at radius 1 is 1.61 bits per heavy atom. The maximum Gasteiger partial charge on any atom is 0.312 e. The molecule has 1 aromatic heterocycles. The van der Waals surface area contributed by atoms with Gasteiger partial charge in [0.2, 0.25) is 5.82 Å². The van der Waals surface area contributed by atoms with Crippen molar-refractivity contribution < 1.29 is 10.0 Å². The minimum Gasteiger partial charge on any atom is -0.391 e. The van der Waals surface area contributed by atoms with Gasteiger partial charge in [0.1, 0.15) is 0 Å². The number of hydrogen-bond donors (Lipinski definition) is 2. The highest BCUT2D eigenvalue weighted by atomic mass is 79.9. The molecule has 0 saturated carbocycles. The predicted molar refractivity (Wildman–Crippen MR) is 72.5 cm³/mol. The first-order valence-electron chi connectivity index (χ1n) is 5.62. The molecule has 0 spiro atoms. The number of aliphatic hydroxyl groups is 1. The molecule has 0 amide bonds. The molecule has 1 atom stereocenters. The van der Waals surface area contributed by atoms with E-state index >= 15 is 0 Å². The molecule has 0 aliphatic carbocycles. The van der Waals surface area contributed by atoms with Crippen molar-refractivity contribution in [1.29, 1.82) is 0 Å². The lowest BCUT2D eigenvalue weighted by Gasteiger charge is -2.14. The van der Waals surface area contributed by atoms with E-state index in [0.29, 0.717) is 16.8 Å². The predicted octanol–water partition coefficient (Wildman–Crippen LogP) is 2.57. The fourth-order valence-electron chi connectivity index (χ4n) is 1.55. The molecule has 0 bridgehead atoms. The first-order chi connectivity index (χ1) is 8.40. The molecule has 0 fully saturated rings. The Labute approximate surface area is 114 Å². The maximum atomic E-state index is 10.8. The van der Waals surface area contributed by atoms with Crippen molar-refractivity contribution in [2.24, 2.45) is 5.92 Å². The number of nitrogens with zero attached hydrogens (tertiary/aromatic N) is 2. The zero-order valence-corrected chi connectivity index (χ0v) is 11.8. The van der Waals surface area contributed by atoms with Gasteiger partial charge in [0, 0.05) is 23.3 Å². The average molecular weight is 318 g/mol. The molecule has 7 heteroatoms. The quantitative estimate of drug-likeness (QED) is 0.622. The summed E-state index contributed by atoms with van der Waals surface area (Å²) in [4.78, 5) is 14.3. The van der Waals surface area contributed by atoms with Crippen LogP contribution in [0.3, 0.4) is 0 Å². The van der Waals surface area contributed by atoms with Crippen LogP contribution >= 0.6 is 15.9 Å². The fourth-order valence-corrected chi connectivity index (χ4v) is 1.87. The van der Waals surface area contributed by atoms with Gasteiger partial charge >= 0.3 is 5.69 Å². The molecule has 1 unspecified atom stereocenters. The van der Waals surface area contributed by atoms with E-state index in [2.05, 4.69) is 26.2 Å². The highest BCUT2D eigenvalue weighted by Crippen LogP contribution is 2.25. The number of anilines is 1. The van der Waals surface area contributed by atoms with Crippen molar-refractivity contribution in [2.45, 2.75) is 26.4 Å². The van der Waals surface area contributed by atoms with Crippen molar-refractivity contribution in [3.05, 3.63) is 26.9 Å². The largest absolute Gasteiger partial charge is 0.391 e. The molecule has 0 aromatic carbocycles. The van der Waals surface area contributed by atoms with Crippen LogP contribution in [0.15, 0.2) is 16.7 Å². The third-order valence-corrected chi connectivity index (χ3v) is 2.71. The highest BCUT2D eigenvalue weighted by Gasteiger charge is 2.16. The third-order valence-electron chi connectivity index (χ3n) is 2.28. The Hall–Kier alpha value is -1.21. The van der Waals surface area contributed by atoms with Crippen LogP contribution in [0, 0.1) is 16.0 Å². The first-order valence-corrected chi connectivity index (χ1v) is 6.41. The zero-order valence-electron chi connectivity index (χ0n) is 10.3. The standard InChI is InChI=1S/C11H16BrN3O3/c1-7(2)3-9(16)6-14-11-10(15(17)18)4-8(12)5-13-11/h4-5,7,9,16H,3,6H2,1-2H3,(H,13,14). The smallest absolute Gasteiger partial charge is 0.312 e. The Morgan fingerprint density at radius 3 is 2.83 bits per heavy atom. The Morgan fingerprint density at radius 2 is 2.28 bits per heavy atom. The van der Waals surface area contributed by atoms with E-state index in [0.717, 1.165) is 0 Å². The summed E-state index contributed by atoms with van der Waals surface area (Å²) >= 11 is 3.13. The summed E-state index contributed by atoms with van der Waals surface area (Å²) in [6, 6.07) is 1.38. The number of pyridine rings is 1. The van der Waals surface area contributed by atoms with Gasteiger partial charge < -0.3 is 10.4 Å². The average Bonchev–Trinajstić information content (AvgIpc) is 2.26. The van der Waals surface area contributed by atoms with Crippen molar-refractivity contribution in [3.8, 4) is 0 Å². The van der Waals surface area contributed by atoms with Crippen molar-refractivity contribution in [2.75, 3.05) is 11.9 Å². The molecule has 6 nitrogen and oxygen atoms in total. The number of halogens is 1. The second-order valence-corrected chi connectivity index (χ2v) is 5.36.